The van der Waals surface area contributed by atoms with Gasteiger partial charge in [0.1, 0.15) is 12.3 Å². The first kappa shape index (κ1) is 16.4. The molecule has 0 spiro atoms. The van der Waals surface area contributed by atoms with Crippen molar-refractivity contribution in [3.8, 4) is 5.75 Å². The summed E-state index contributed by atoms with van der Waals surface area (Å²) >= 11 is 0. The molecule has 0 atom stereocenters. The van der Waals surface area contributed by atoms with Crippen molar-refractivity contribution < 1.29 is 24.2 Å². The summed E-state index contributed by atoms with van der Waals surface area (Å²) in [6.07, 6.45) is -0.735. The lowest BCUT2D eigenvalue weighted by molar-refractivity contribution is 0.0516. The monoisotopic (exact) mass is 318 g/mol. The molecule has 1 amide bonds. The number of carbonyl (C=O) groups is 2. The Morgan fingerprint density at radius 2 is 1.91 bits per heavy atom. The molecule has 23 heavy (non-hydrogen) atoms. The van der Waals surface area contributed by atoms with Gasteiger partial charge >= 0.3 is 12.1 Å². The van der Waals surface area contributed by atoms with Crippen molar-refractivity contribution in [2.75, 3.05) is 11.9 Å². The highest BCUT2D eigenvalue weighted by Crippen LogP contribution is 2.31. The van der Waals surface area contributed by atoms with E-state index in [2.05, 4.69) is 10.3 Å². The minimum atomic E-state index is -0.735. The van der Waals surface area contributed by atoms with E-state index >= 15 is 0 Å². The predicted octanol–water partition coefficient (Wildman–Crippen LogP) is 2.95. The number of benzene rings is 1. The van der Waals surface area contributed by atoms with E-state index in [-0.39, 0.29) is 30.3 Å². The van der Waals surface area contributed by atoms with Crippen LogP contribution < -0.4 is 5.32 Å². The number of aromatic amines is 1. The fourth-order valence-corrected chi connectivity index (χ4v) is 1.98. The predicted molar refractivity (Wildman–Crippen MR) is 83.4 cm³/mol. The number of H-pyrrole nitrogens is 1. The van der Waals surface area contributed by atoms with E-state index in [0.717, 1.165) is 5.56 Å². The summed E-state index contributed by atoms with van der Waals surface area (Å²) in [5.41, 5.74) is 1.24. The van der Waals surface area contributed by atoms with Gasteiger partial charge in [-0.2, -0.15) is 0 Å². The second-order valence-corrected chi connectivity index (χ2v) is 4.76. The van der Waals surface area contributed by atoms with Crippen LogP contribution in [0.3, 0.4) is 0 Å². The highest BCUT2D eigenvalue weighted by Gasteiger charge is 2.22. The van der Waals surface area contributed by atoms with Crippen LogP contribution in [-0.4, -0.2) is 28.8 Å². The lowest BCUT2D eigenvalue weighted by atomic mass is 10.2. The minimum absolute atomic E-state index is 0.0890. The van der Waals surface area contributed by atoms with Gasteiger partial charge in [0.2, 0.25) is 0 Å². The minimum Gasteiger partial charge on any atom is -0.504 e. The van der Waals surface area contributed by atoms with Crippen LogP contribution in [-0.2, 0) is 16.1 Å². The fourth-order valence-electron chi connectivity index (χ4n) is 1.98. The number of rotatable bonds is 5. The van der Waals surface area contributed by atoms with Gasteiger partial charge in [0, 0.05) is 5.69 Å². The molecule has 2 aromatic rings. The van der Waals surface area contributed by atoms with Crippen molar-refractivity contribution in [2.45, 2.75) is 20.5 Å². The number of anilines is 1. The molecule has 0 aliphatic heterocycles. The van der Waals surface area contributed by atoms with E-state index in [0.29, 0.717) is 5.69 Å². The topological polar surface area (TPSA) is 101 Å². The molecule has 7 heteroatoms. The zero-order chi connectivity index (χ0) is 16.8. The average Bonchev–Trinajstić information content (AvgIpc) is 2.82. The molecule has 0 bridgehead atoms. The molecule has 2 rings (SSSR count). The third-order valence-electron chi connectivity index (χ3n) is 3.08. The Bertz CT molecular complexity index is 694. The number of hydrogen-bond donors (Lipinski definition) is 3. The van der Waals surface area contributed by atoms with Crippen LogP contribution in [0.2, 0.25) is 0 Å². The van der Waals surface area contributed by atoms with Crippen LogP contribution in [0.15, 0.2) is 30.3 Å². The Morgan fingerprint density at radius 3 is 2.57 bits per heavy atom. The zero-order valence-electron chi connectivity index (χ0n) is 12.9. The van der Waals surface area contributed by atoms with Gasteiger partial charge in [0.15, 0.2) is 11.4 Å². The molecule has 7 nitrogen and oxygen atoms in total. The second kappa shape index (κ2) is 7.35. The Kier molecular flexibility index (Phi) is 5.24. The second-order valence-electron chi connectivity index (χ2n) is 4.76. The molecule has 3 N–H and O–H groups in total. The number of aromatic hydroxyl groups is 1. The highest BCUT2D eigenvalue weighted by atomic mass is 16.5. The van der Waals surface area contributed by atoms with Crippen molar-refractivity contribution in [2.24, 2.45) is 0 Å². The molecule has 0 aliphatic rings. The third-order valence-corrected chi connectivity index (χ3v) is 3.08. The van der Waals surface area contributed by atoms with Gasteiger partial charge in [0.25, 0.3) is 0 Å². The number of hydrogen-bond acceptors (Lipinski definition) is 5. The van der Waals surface area contributed by atoms with Crippen LogP contribution >= 0.6 is 0 Å². The number of carbonyl (C=O) groups excluding carboxylic acids is 2. The van der Waals surface area contributed by atoms with Gasteiger partial charge in [0.05, 0.1) is 6.61 Å². The summed E-state index contributed by atoms with van der Waals surface area (Å²) < 4.78 is 9.88. The quantitative estimate of drug-likeness (QED) is 0.736. The summed E-state index contributed by atoms with van der Waals surface area (Å²) in [7, 11) is 0. The third kappa shape index (κ3) is 4.03. The van der Waals surface area contributed by atoms with E-state index in [4.69, 9.17) is 9.47 Å². The lowest BCUT2D eigenvalue weighted by Gasteiger charge is -2.07. The maximum absolute atomic E-state index is 11.8. The Hall–Kier alpha value is -2.96. The van der Waals surface area contributed by atoms with Gasteiger partial charge in [-0.25, -0.2) is 9.59 Å². The van der Waals surface area contributed by atoms with E-state index in [1.807, 2.05) is 30.3 Å². The van der Waals surface area contributed by atoms with Gasteiger partial charge < -0.3 is 19.6 Å². The van der Waals surface area contributed by atoms with Crippen LogP contribution in [0.25, 0.3) is 0 Å². The lowest BCUT2D eigenvalue weighted by Crippen LogP contribution is -2.14. The fraction of sp³-hybridized carbons (Fsp3) is 0.250. The van der Waals surface area contributed by atoms with Crippen LogP contribution in [0, 0.1) is 6.92 Å². The highest BCUT2D eigenvalue weighted by molar-refractivity contribution is 5.97. The van der Waals surface area contributed by atoms with E-state index in [9.17, 15) is 14.7 Å². The number of aromatic nitrogens is 1. The van der Waals surface area contributed by atoms with Crippen molar-refractivity contribution in [3.05, 3.63) is 47.3 Å². The maximum Gasteiger partial charge on any atom is 0.412 e. The van der Waals surface area contributed by atoms with Crippen molar-refractivity contribution in [1.82, 2.24) is 4.98 Å². The van der Waals surface area contributed by atoms with Gasteiger partial charge in [-0.15, -0.1) is 0 Å². The van der Waals surface area contributed by atoms with Gasteiger partial charge in [-0.3, -0.25) is 5.32 Å². The Morgan fingerprint density at radius 1 is 1.22 bits per heavy atom. The summed E-state index contributed by atoms with van der Waals surface area (Å²) in [5.74, 6) is -1.07. The molecule has 0 fully saturated rings. The normalized spacial score (nSPS) is 10.2. The van der Waals surface area contributed by atoms with Gasteiger partial charge in [-0.05, 0) is 19.4 Å². The number of esters is 1. The zero-order valence-corrected chi connectivity index (χ0v) is 12.9. The first-order chi connectivity index (χ1) is 11.0. The average molecular weight is 318 g/mol. The SMILES string of the molecule is CCOC(=O)c1[nH]c(C)c(NC(=O)OCc2ccccc2)c1O. The molecule has 0 unspecified atom stereocenters. The molecule has 0 saturated carbocycles. The van der Waals surface area contributed by atoms with Gasteiger partial charge in [-0.1, -0.05) is 30.3 Å². The molecule has 1 aromatic heterocycles. The first-order valence-electron chi connectivity index (χ1n) is 7.09. The number of ether oxygens (including phenoxy) is 2. The molecule has 0 saturated heterocycles. The first-order valence-corrected chi connectivity index (χ1v) is 7.09. The van der Waals surface area contributed by atoms with Crippen molar-refractivity contribution in [3.63, 3.8) is 0 Å². The van der Waals surface area contributed by atoms with Crippen LogP contribution in [0.4, 0.5) is 10.5 Å². The summed E-state index contributed by atoms with van der Waals surface area (Å²) in [6, 6.07) is 9.19. The smallest absolute Gasteiger partial charge is 0.412 e. The van der Waals surface area contributed by atoms with Crippen molar-refractivity contribution in [1.29, 1.82) is 0 Å². The molecular formula is C16H18N2O5. The number of aryl methyl sites for hydroxylation is 1. The molecule has 0 aliphatic carbocycles. The summed E-state index contributed by atoms with van der Waals surface area (Å²) in [4.78, 5) is 26.2. The Labute approximate surface area is 133 Å². The number of nitrogens with one attached hydrogen (secondary N) is 2. The standard InChI is InChI=1S/C16H18N2O5/c1-3-22-15(20)13-14(19)12(10(2)17-13)18-16(21)23-9-11-7-5-4-6-8-11/h4-8,17,19H,3,9H2,1-2H3,(H,18,21). The molecular weight excluding hydrogens is 300 g/mol. The molecule has 122 valence electrons. The van der Waals surface area contributed by atoms with E-state index < -0.39 is 12.1 Å². The Balaban J connectivity index is 2.02. The van der Waals surface area contributed by atoms with E-state index in [1.165, 1.54) is 0 Å². The molecule has 1 aromatic carbocycles. The molecule has 0 radical (unpaired) electrons. The summed E-state index contributed by atoms with van der Waals surface area (Å²) in [6.45, 7) is 3.54. The summed E-state index contributed by atoms with van der Waals surface area (Å²) in [5, 5.41) is 12.5. The van der Waals surface area contributed by atoms with Crippen molar-refractivity contribution >= 4 is 17.7 Å². The molecule has 1 heterocycles. The van der Waals surface area contributed by atoms with Crippen LogP contribution in [0.5, 0.6) is 5.75 Å². The maximum atomic E-state index is 11.8. The number of amides is 1. The largest absolute Gasteiger partial charge is 0.504 e. The van der Waals surface area contributed by atoms with E-state index in [1.54, 1.807) is 13.8 Å². The van der Waals surface area contributed by atoms with Crippen LogP contribution in [0.1, 0.15) is 28.7 Å².